The summed E-state index contributed by atoms with van der Waals surface area (Å²) in [4.78, 5) is 37.0. The zero-order chi connectivity index (χ0) is 29.7. The Hall–Kier alpha value is -4.13. The van der Waals surface area contributed by atoms with Gasteiger partial charge in [-0.3, -0.25) is 24.4 Å². The van der Waals surface area contributed by atoms with Gasteiger partial charge in [0.2, 0.25) is 0 Å². The van der Waals surface area contributed by atoms with Gasteiger partial charge in [-0.1, -0.05) is 24.3 Å². The highest BCUT2D eigenvalue weighted by Crippen LogP contribution is 2.25. The molecule has 0 bridgehead atoms. The van der Waals surface area contributed by atoms with Gasteiger partial charge in [-0.05, 0) is 74.2 Å². The summed E-state index contributed by atoms with van der Waals surface area (Å²) in [6.07, 6.45) is 3.19. The number of benzene rings is 2. The Morgan fingerprint density at radius 1 is 0.952 bits per heavy atom. The number of rotatable bonds is 7. The maximum atomic E-state index is 13.3. The number of hydrogen-bond donors (Lipinski definition) is 1. The fraction of sp³-hybridized carbons (Fsp3) is 0.394. The van der Waals surface area contributed by atoms with E-state index in [0.29, 0.717) is 43.0 Å². The Morgan fingerprint density at radius 2 is 1.62 bits per heavy atom. The van der Waals surface area contributed by atoms with Gasteiger partial charge < -0.3 is 10.2 Å². The predicted molar refractivity (Wildman–Crippen MR) is 158 cm³/mol. The van der Waals surface area contributed by atoms with E-state index in [-0.39, 0.29) is 29.2 Å². The van der Waals surface area contributed by atoms with Crippen molar-refractivity contribution in [3.8, 4) is 6.07 Å². The van der Waals surface area contributed by atoms with Crippen molar-refractivity contribution < 1.29 is 14.0 Å². The lowest BCUT2D eigenvalue weighted by Crippen LogP contribution is -2.59. The number of piperazine rings is 1. The van der Waals surface area contributed by atoms with Gasteiger partial charge in [0.25, 0.3) is 11.8 Å². The van der Waals surface area contributed by atoms with E-state index in [2.05, 4.69) is 40.0 Å². The Kier molecular flexibility index (Phi) is 8.95. The molecule has 2 aromatic carbocycles. The fourth-order valence-corrected chi connectivity index (χ4v) is 5.74. The van der Waals surface area contributed by atoms with Gasteiger partial charge in [-0.25, -0.2) is 4.39 Å². The van der Waals surface area contributed by atoms with Crippen molar-refractivity contribution in [2.24, 2.45) is 0 Å². The topological polar surface area (TPSA) is 92.6 Å². The van der Waals surface area contributed by atoms with Crippen LogP contribution in [-0.2, 0) is 13.1 Å². The van der Waals surface area contributed by atoms with Crippen molar-refractivity contribution in [3.05, 3.63) is 101 Å². The summed E-state index contributed by atoms with van der Waals surface area (Å²) in [5.74, 6) is -0.572. The number of nitrogens with one attached hydrogen (secondary N) is 1. The van der Waals surface area contributed by atoms with E-state index in [1.807, 2.05) is 29.2 Å². The molecule has 0 spiro atoms. The Labute approximate surface area is 246 Å². The molecule has 1 N–H and O–H groups in total. The minimum Gasteiger partial charge on any atom is -0.348 e. The predicted octanol–water partition coefficient (Wildman–Crippen LogP) is 4.22. The molecule has 1 aromatic heterocycles. The Bertz CT molecular complexity index is 1430. The summed E-state index contributed by atoms with van der Waals surface area (Å²) in [5, 5.41) is 12.1. The van der Waals surface area contributed by atoms with E-state index in [1.54, 1.807) is 24.3 Å². The van der Waals surface area contributed by atoms with Gasteiger partial charge in [0.1, 0.15) is 11.5 Å². The summed E-state index contributed by atoms with van der Waals surface area (Å²) in [5.41, 5.74) is 3.38. The van der Waals surface area contributed by atoms with Crippen molar-refractivity contribution in [1.82, 2.24) is 25.0 Å². The number of nitrogens with zero attached hydrogens (tertiary/aromatic N) is 5. The van der Waals surface area contributed by atoms with Crippen molar-refractivity contribution in [1.29, 1.82) is 5.26 Å². The van der Waals surface area contributed by atoms with Gasteiger partial charge in [-0.15, -0.1) is 0 Å². The lowest BCUT2D eigenvalue weighted by Gasteiger charge is -2.47. The SMILES string of the molecule is CC1(C)CN(C(=O)c2ccc(C(=O)NC3CCN(Cc4ccc(C#N)cc4)CC3)nc2)CCN1Cc1ccc(F)cc1. The average molecular weight is 569 g/mol. The van der Waals surface area contributed by atoms with Gasteiger partial charge in [-0.2, -0.15) is 5.26 Å². The Balaban J connectivity index is 1.09. The van der Waals surface area contributed by atoms with Gasteiger partial charge in [0.05, 0.1) is 17.2 Å². The molecule has 0 radical (unpaired) electrons. The molecule has 218 valence electrons. The first-order valence-electron chi connectivity index (χ1n) is 14.5. The van der Waals surface area contributed by atoms with E-state index in [0.717, 1.165) is 38.0 Å². The third-order valence-corrected chi connectivity index (χ3v) is 8.30. The molecule has 2 aliphatic heterocycles. The first-order chi connectivity index (χ1) is 20.2. The van der Waals surface area contributed by atoms with Gasteiger partial charge in [0, 0.05) is 63.6 Å². The van der Waals surface area contributed by atoms with Gasteiger partial charge >= 0.3 is 0 Å². The highest BCUT2D eigenvalue weighted by atomic mass is 19.1. The van der Waals surface area contributed by atoms with Crippen molar-refractivity contribution in [2.45, 2.75) is 51.4 Å². The summed E-state index contributed by atoms with van der Waals surface area (Å²) < 4.78 is 13.3. The maximum absolute atomic E-state index is 13.3. The lowest BCUT2D eigenvalue weighted by atomic mass is 9.97. The minimum absolute atomic E-state index is 0.0752. The number of halogens is 1. The van der Waals surface area contributed by atoms with Crippen LogP contribution in [0.25, 0.3) is 0 Å². The van der Waals surface area contributed by atoms with Crippen molar-refractivity contribution >= 4 is 11.8 Å². The molecule has 3 aromatic rings. The van der Waals surface area contributed by atoms with E-state index in [4.69, 9.17) is 5.26 Å². The molecule has 5 rings (SSSR count). The highest BCUT2D eigenvalue weighted by Gasteiger charge is 2.36. The number of amides is 2. The monoisotopic (exact) mass is 568 g/mol. The highest BCUT2D eigenvalue weighted by molar-refractivity contribution is 5.96. The fourth-order valence-electron chi connectivity index (χ4n) is 5.74. The van der Waals surface area contributed by atoms with Crippen LogP contribution in [0.3, 0.4) is 0 Å². The van der Waals surface area contributed by atoms with Crippen LogP contribution in [0.4, 0.5) is 4.39 Å². The average Bonchev–Trinajstić information content (AvgIpc) is 3.00. The minimum atomic E-state index is -0.257. The molecule has 0 saturated carbocycles. The van der Waals surface area contributed by atoms with E-state index >= 15 is 0 Å². The summed E-state index contributed by atoms with van der Waals surface area (Å²) in [7, 11) is 0. The number of piperidine rings is 1. The molecule has 3 heterocycles. The number of pyridine rings is 1. The van der Waals surface area contributed by atoms with Crippen molar-refractivity contribution in [2.75, 3.05) is 32.7 Å². The summed E-state index contributed by atoms with van der Waals surface area (Å²) >= 11 is 0. The molecule has 9 heteroatoms. The normalized spacial score (nSPS) is 17.9. The van der Waals surface area contributed by atoms with Crippen LogP contribution in [-0.4, -0.2) is 75.8 Å². The zero-order valence-corrected chi connectivity index (χ0v) is 24.2. The number of carbonyl (C=O) groups is 2. The van der Waals surface area contributed by atoms with Crippen LogP contribution >= 0.6 is 0 Å². The van der Waals surface area contributed by atoms with E-state index in [9.17, 15) is 14.0 Å². The molecule has 42 heavy (non-hydrogen) atoms. The molecule has 0 unspecified atom stereocenters. The Morgan fingerprint density at radius 3 is 2.24 bits per heavy atom. The molecular weight excluding hydrogens is 531 g/mol. The molecule has 2 fully saturated rings. The quantitative estimate of drug-likeness (QED) is 0.459. The zero-order valence-electron chi connectivity index (χ0n) is 24.2. The van der Waals surface area contributed by atoms with E-state index < -0.39 is 0 Å². The first-order valence-corrected chi connectivity index (χ1v) is 14.5. The third-order valence-electron chi connectivity index (χ3n) is 8.30. The smallest absolute Gasteiger partial charge is 0.270 e. The number of nitriles is 1. The number of likely N-dealkylation sites (tertiary alicyclic amines) is 1. The van der Waals surface area contributed by atoms with Crippen LogP contribution < -0.4 is 5.32 Å². The summed E-state index contributed by atoms with van der Waals surface area (Å²) in [6, 6.07) is 19.7. The van der Waals surface area contributed by atoms with Crippen molar-refractivity contribution in [3.63, 3.8) is 0 Å². The van der Waals surface area contributed by atoms with Crippen LogP contribution in [0.15, 0.2) is 66.9 Å². The first kappa shape index (κ1) is 29.4. The second kappa shape index (κ2) is 12.8. The van der Waals surface area contributed by atoms with Crippen LogP contribution in [0.1, 0.15) is 64.2 Å². The second-order valence-corrected chi connectivity index (χ2v) is 11.9. The standard InChI is InChI=1S/C33H37FN6O2/c1-33(2)23-39(17-18-40(33)22-26-7-10-28(34)11-8-26)32(42)27-9-12-30(36-20-27)31(41)37-29-13-15-38(16-14-29)21-25-5-3-24(19-35)4-6-25/h3-12,20,29H,13-18,21-23H2,1-2H3,(H,37,41). The number of hydrogen-bond acceptors (Lipinski definition) is 6. The molecule has 2 amide bonds. The number of aromatic nitrogens is 1. The largest absolute Gasteiger partial charge is 0.348 e. The molecule has 8 nitrogen and oxygen atoms in total. The summed E-state index contributed by atoms with van der Waals surface area (Å²) in [6.45, 7) is 9.32. The molecule has 0 atom stereocenters. The molecular formula is C33H37FN6O2. The molecule has 2 aliphatic rings. The van der Waals surface area contributed by atoms with E-state index in [1.165, 1.54) is 23.9 Å². The molecule has 0 aliphatic carbocycles. The second-order valence-electron chi connectivity index (χ2n) is 11.9. The molecule has 2 saturated heterocycles. The van der Waals surface area contributed by atoms with Gasteiger partial charge in [0.15, 0.2) is 0 Å². The lowest BCUT2D eigenvalue weighted by molar-refractivity contribution is 0.0138. The van der Waals surface area contributed by atoms with Crippen LogP contribution in [0.2, 0.25) is 0 Å². The number of carbonyl (C=O) groups excluding carboxylic acids is 2. The van der Waals surface area contributed by atoms with Crippen LogP contribution in [0, 0.1) is 17.1 Å². The third kappa shape index (κ3) is 7.19. The van der Waals surface area contributed by atoms with Crippen LogP contribution in [0.5, 0.6) is 0 Å². The maximum Gasteiger partial charge on any atom is 0.270 e.